The summed E-state index contributed by atoms with van der Waals surface area (Å²) >= 11 is 1.02. The molecule has 37 heavy (non-hydrogen) atoms. The maximum atomic E-state index is 13.9. The van der Waals surface area contributed by atoms with Crippen molar-refractivity contribution in [3.63, 3.8) is 0 Å². The van der Waals surface area contributed by atoms with Gasteiger partial charge >= 0.3 is 0 Å². The Kier molecular flexibility index (Phi) is 7.57. The topological polar surface area (TPSA) is 77.9 Å². The van der Waals surface area contributed by atoms with Crippen LogP contribution in [0.15, 0.2) is 53.6 Å². The van der Waals surface area contributed by atoms with E-state index < -0.39 is 0 Å². The second-order valence-electron chi connectivity index (χ2n) is 9.98. The number of anilines is 1. The number of ether oxygens (including phenoxy) is 1. The molecule has 1 aliphatic heterocycles. The number of nitrogens with one attached hydrogen (secondary N) is 1. The van der Waals surface area contributed by atoms with Crippen LogP contribution >= 0.6 is 12.0 Å². The van der Waals surface area contributed by atoms with Crippen molar-refractivity contribution < 1.29 is 18.8 Å². The lowest BCUT2D eigenvalue weighted by molar-refractivity contribution is -0.160. The highest BCUT2D eigenvalue weighted by Crippen LogP contribution is 2.44. The Morgan fingerprint density at radius 1 is 1.05 bits per heavy atom. The summed E-state index contributed by atoms with van der Waals surface area (Å²) in [4.78, 5) is 20.5. The van der Waals surface area contributed by atoms with Gasteiger partial charge in [0.05, 0.1) is 31.9 Å². The fourth-order valence-electron chi connectivity index (χ4n) is 5.18. The van der Waals surface area contributed by atoms with Crippen LogP contribution < -0.4 is 15.0 Å². The first-order chi connectivity index (χ1) is 18.0. The summed E-state index contributed by atoms with van der Waals surface area (Å²) < 4.78 is 12.1. The van der Waals surface area contributed by atoms with Crippen LogP contribution in [0, 0.1) is 0 Å². The van der Waals surface area contributed by atoms with Crippen molar-refractivity contribution in [1.29, 1.82) is 0 Å². The van der Waals surface area contributed by atoms with Gasteiger partial charge in [0.25, 0.3) is 5.91 Å². The van der Waals surface area contributed by atoms with Crippen LogP contribution in [0.25, 0.3) is 5.69 Å². The van der Waals surface area contributed by atoms with E-state index in [-0.39, 0.29) is 11.3 Å². The van der Waals surface area contributed by atoms with Crippen molar-refractivity contribution in [3.05, 3.63) is 65.4 Å². The molecule has 0 atom stereocenters. The lowest BCUT2D eigenvalue weighted by Crippen LogP contribution is -2.45. The summed E-state index contributed by atoms with van der Waals surface area (Å²) in [7, 11) is 3.07. The molecule has 9 heteroatoms. The quantitative estimate of drug-likeness (QED) is 0.226. The average molecular weight is 523 g/mol. The molecular formula is C28H34N4O4S. The van der Waals surface area contributed by atoms with Crippen molar-refractivity contribution in [2.75, 3.05) is 32.2 Å². The molecule has 1 fully saturated rings. The zero-order valence-corrected chi connectivity index (χ0v) is 22.6. The molecule has 196 valence electrons. The van der Waals surface area contributed by atoms with Crippen LogP contribution in [0.4, 0.5) is 5.69 Å². The third-order valence-electron chi connectivity index (χ3n) is 7.43. The van der Waals surface area contributed by atoms with E-state index in [1.54, 1.807) is 11.8 Å². The van der Waals surface area contributed by atoms with Gasteiger partial charge in [-0.1, -0.05) is 32.4 Å². The van der Waals surface area contributed by atoms with Crippen LogP contribution in [-0.4, -0.2) is 49.0 Å². The number of amides is 1. The molecule has 0 spiro atoms. The molecule has 1 aliphatic carbocycles. The first-order valence-electron chi connectivity index (χ1n) is 12.8. The lowest BCUT2D eigenvalue weighted by atomic mass is 9.64. The fraction of sp³-hybridized carbons (Fsp3) is 0.429. The second-order valence-corrected chi connectivity index (χ2v) is 10.7. The summed E-state index contributed by atoms with van der Waals surface area (Å²) in [5.74, 6) is 0.657. The highest BCUT2D eigenvalue weighted by molar-refractivity contribution is 7.94. The third kappa shape index (κ3) is 5.01. The number of carbonyl (C=O) groups excluding carboxylic acids is 1. The zero-order valence-electron chi connectivity index (χ0n) is 21.8. The minimum Gasteiger partial charge on any atom is -0.497 e. The molecule has 0 unspecified atom stereocenters. The molecule has 0 saturated heterocycles. The molecule has 2 heterocycles. The summed E-state index contributed by atoms with van der Waals surface area (Å²) in [6.07, 6.45) is 4.32. The maximum Gasteiger partial charge on any atom is 0.277 e. The average Bonchev–Trinajstić information content (AvgIpc) is 3.27. The maximum absolute atomic E-state index is 13.9. The van der Waals surface area contributed by atoms with E-state index in [0.717, 1.165) is 41.3 Å². The minimum absolute atomic E-state index is 0.0820. The van der Waals surface area contributed by atoms with Crippen LogP contribution in [0.5, 0.6) is 5.75 Å². The molecule has 1 amide bonds. The van der Waals surface area contributed by atoms with Gasteiger partial charge in [0.1, 0.15) is 11.4 Å². The molecule has 1 N–H and O–H groups in total. The molecule has 8 nitrogen and oxygen atoms in total. The van der Waals surface area contributed by atoms with Gasteiger partial charge in [-0.2, -0.15) is 9.43 Å². The second kappa shape index (κ2) is 10.9. The SMILES string of the molecule is COOSc1nn(-c2ccc(OC)cc2)c2c1CCN(c1ccc(C3(CNC(C)C)CCC3)cc1)C2=O. The van der Waals surface area contributed by atoms with Crippen molar-refractivity contribution in [2.24, 2.45) is 0 Å². The zero-order chi connectivity index (χ0) is 26.0. The van der Waals surface area contributed by atoms with Gasteiger partial charge in [-0.25, -0.2) is 9.57 Å². The number of nitrogens with zero attached hydrogens (tertiary/aromatic N) is 3. The summed E-state index contributed by atoms with van der Waals surface area (Å²) in [5.41, 5.74) is 4.62. The molecule has 2 aromatic carbocycles. The number of hydrogen-bond donors (Lipinski definition) is 1. The highest BCUT2D eigenvalue weighted by atomic mass is 32.2. The minimum atomic E-state index is -0.0820. The van der Waals surface area contributed by atoms with E-state index in [2.05, 4.69) is 43.4 Å². The standard InChI is InChI=1S/C28H34N4O4S/c1-19(2)29-18-28(15-5-16-28)20-6-8-21(9-7-20)31-17-14-24-25(27(31)33)32(30-26(24)37-36-35-4)22-10-12-23(34-3)13-11-22/h6-13,19,29H,5,14-18H2,1-4H3. The van der Waals surface area contributed by atoms with Gasteiger partial charge in [0.2, 0.25) is 0 Å². The molecule has 0 bridgehead atoms. The number of methoxy groups -OCH3 is 1. The molecule has 2 aliphatic rings. The van der Waals surface area contributed by atoms with E-state index in [0.29, 0.717) is 29.7 Å². The van der Waals surface area contributed by atoms with E-state index in [1.807, 2.05) is 29.2 Å². The van der Waals surface area contributed by atoms with E-state index in [9.17, 15) is 4.79 Å². The third-order valence-corrected chi connectivity index (χ3v) is 8.12. The Morgan fingerprint density at radius 2 is 1.76 bits per heavy atom. The van der Waals surface area contributed by atoms with Crippen LogP contribution in [-0.2, 0) is 21.1 Å². The number of carbonyl (C=O) groups is 1. The summed E-state index contributed by atoms with van der Waals surface area (Å²) in [5, 5.41) is 8.96. The van der Waals surface area contributed by atoms with E-state index in [1.165, 1.54) is 31.9 Å². The highest BCUT2D eigenvalue weighted by Gasteiger charge is 2.39. The van der Waals surface area contributed by atoms with Crippen molar-refractivity contribution in [1.82, 2.24) is 15.1 Å². The van der Waals surface area contributed by atoms with Gasteiger partial charge in [0, 0.05) is 35.8 Å². The van der Waals surface area contributed by atoms with Crippen LogP contribution in [0.2, 0.25) is 0 Å². The van der Waals surface area contributed by atoms with Crippen LogP contribution in [0.3, 0.4) is 0 Å². The Bertz CT molecular complexity index is 1240. The number of benzene rings is 2. The predicted molar refractivity (Wildman–Crippen MR) is 145 cm³/mol. The first kappa shape index (κ1) is 25.8. The van der Waals surface area contributed by atoms with Crippen molar-refractivity contribution >= 4 is 23.6 Å². The fourth-order valence-corrected chi connectivity index (χ4v) is 5.73. The first-order valence-corrected chi connectivity index (χ1v) is 13.5. The van der Waals surface area contributed by atoms with Gasteiger partial charge < -0.3 is 15.0 Å². The normalized spacial score (nSPS) is 16.6. The molecule has 1 saturated carbocycles. The smallest absolute Gasteiger partial charge is 0.277 e. The number of rotatable bonds is 10. The Labute approximate surface area is 222 Å². The predicted octanol–water partition coefficient (Wildman–Crippen LogP) is 5.09. The molecule has 3 aromatic rings. The molecule has 0 radical (unpaired) electrons. The van der Waals surface area contributed by atoms with Crippen molar-refractivity contribution in [2.45, 2.75) is 56.0 Å². The largest absolute Gasteiger partial charge is 0.497 e. The summed E-state index contributed by atoms with van der Waals surface area (Å²) in [6, 6.07) is 16.5. The van der Waals surface area contributed by atoms with E-state index >= 15 is 0 Å². The Morgan fingerprint density at radius 3 is 2.35 bits per heavy atom. The number of hydrogen-bond acceptors (Lipinski definition) is 7. The van der Waals surface area contributed by atoms with Gasteiger partial charge in [-0.05, 0) is 61.2 Å². The van der Waals surface area contributed by atoms with Crippen LogP contribution in [0.1, 0.15) is 54.7 Å². The van der Waals surface area contributed by atoms with Gasteiger partial charge in [-0.15, -0.1) is 0 Å². The monoisotopic (exact) mass is 522 g/mol. The molecular weight excluding hydrogens is 488 g/mol. The molecule has 1 aromatic heterocycles. The number of aromatic nitrogens is 2. The Balaban J connectivity index is 1.44. The Hall–Kier alpha value is -2.85. The van der Waals surface area contributed by atoms with E-state index in [4.69, 9.17) is 19.1 Å². The summed E-state index contributed by atoms with van der Waals surface area (Å²) in [6.45, 7) is 5.93. The van der Waals surface area contributed by atoms with Gasteiger partial charge in [0.15, 0.2) is 5.03 Å². The lowest BCUT2D eigenvalue weighted by Gasteiger charge is -2.43. The van der Waals surface area contributed by atoms with Crippen molar-refractivity contribution in [3.8, 4) is 11.4 Å². The number of fused-ring (bicyclic) bond motifs is 1. The van der Waals surface area contributed by atoms with Gasteiger partial charge in [-0.3, -0.25) is 4.79 Å². The molecule has 5 rings (SSSR count).